The molecule has 3 rings (SSSR count). The van der Waals surface area contributed by atoms with Crippen LogP contribution in [0.5, 0.6) is 0 Å². The van der Waals surface area contributed by atoms with Crippen molar-refractivity contribution in [3.05, 3.63) is 47.2 Å². The van der Waals surface area contributed by atoms with E-state index in [1.807, 2.05) is 6.07 Å². The highest BCUT2D eigenvalue weighted by atomic mass is 32.2. The van der Waals surface area contributed by atoms with Crippen LogP contribution in [0.25, 0.3) is 0 Å². The van der Waals surface area contributed by atoms with Crippen LogP contribution in [-0.4, -0.2) is 58.7 Å². The fourth-order valence-electron chi connectivity index (χ4n) is 3.02. The molecule has 3 atom stereocenters. The number of hydrogen-bond donors (Lipinski definition) is 3. The number of amides is 2. The maximum absolute atomic E-state index is 12.5. The van der Waals surface area contributed by atoms with Crippen molar-refractivity contribution in [3.8, 4) is 0 Å². The van der Waals surface area contributed by atoms with Gasteiger partial charge in [-0.05, 0) is 11.1 Å². The molecule has 1 saturated heterocycles. The van der Waals surface area contributed by atoms with Gasteiger partial charge in [-0.3, -0.25) is 14.5 Å². The van der Waals surface area contributed by atoms with E-state index in [4.69, 9.17) is 10.5 Å². The van der Waals surface area contributed by atoms with E-state index in [2.05, 4.69) is 5.32 Å². The number of carboxylic acids is 1. The average Bonchev–Trinajstić information content (AvgIpc) is 2.65. The smallest absolute Gasteiger partial charge is 0.352 e. The Morgan fingerprint density at radius 2 is 2.12 bits per heavy atom. The minimum absolute atomic E-state index is 0.0570. The highest BCUT2D eigenvalue weighted by Crippen LogP contribution is 2.40. The molecular weight excluding hydrogens is 358 g/mol. The minimum Gasteiger partial charge on any atom is -0.477 e. The number of carbonyl (C=O) groups is 3. The summed E-state index contributed by atoms with van der Waals surface area (Å²) in [5, 5.41) is 11.6. The van der Waals surface area contributed by atoms with Crippen molar-refractivity contribution in [2.45, 2.75) is 17.5 Å². The number of β-lactam (4-membered cyclic amide) rings is 1. The topological polar surface area (TPSA) is 122 Å². The maximum Gasteiger partial charge on any atom is 0.352 e. The summed E-state index contributed by atoms with van der Waals surface area (Å²) in [5.74, 6) is -1.69. The van der Waals surface area contributed by atoms with Crippen LogP contribution in [0.1, 0.15) is 11.6 Å². The first kappa shape index (κ1) is 18.4. The molecule has 0 spiro atoms. The number of fused-ring (bicyclic) bond motifs is 1. The number of nitrogens with zero attached hydrogens (tertiary/aromatic N) is 1. The molecule has 1 fully saturated rings. The van der Waals surface area contributed by atoms with Crippen molar-refractivity contribution in [1.29, 1.82) is 0 Å². The Bertz CT molecular complexity index is 767. The standard InChI is InChI=1S/C17H19N3O5S/c1-25-7-10-8-26-16-12(15(22)20(16)13(10)17(23)24)19-14(21)11(18)9-5-3-2-4-6-9/h2-6,11-12,16H,7-8,18H2,1H3,(H,19,21)(H,23,24)/t11?,12?,16-/m1/s1. The van der Waals surface area contributed by atoms with Gasteiger partial charge in [-0.1, -0.05) is 30.3 Å². The lowest BCUT2D eigenvalue weighted by molar-refractivity contribution is -0.151. The van der Waals surface area contributed by atoms with Crippen LogP contribution < -0.4 is 11.1 Å². The summed E-state index contributed by atoms with van der Waals surface area (Å²) in [6.07, 6.45) is 0. The fraction of sp³-hybridized carbons (Fsp3) is 0.353. The Labute approximate surface area is 154 Å². The van der Waals surface area contributed by atoms with E-state index >= 15 is 0 Å². The van der Waals surface area contributed by atoms with Crippen LogP contribution in [0.3, 0.4) is 0 Å². The quantitative estimate of drug-likeness (QED) is 0.600. The molecule has 2 amide bonds. The normalized spacial score (nSPS) is 23.2. The zero-order valence-corrected chi connectivity index (χ0v) is 14.9. The second-order valence-corrected chi connectivity index (χ2v) is 7.08. The lowest BCUT2D eigenvalue weighted by Crippen LogP contribution is -2.71. The number of benzene rings is 1. The molecule has 1 aromatic carbocycles. The summed E-state index contributed by atoms with van der Waals surface area (Å²) in [4.78, 5) is 37.6. The van der Waals surface area contributed by atoms with Crippen molar-refractivity contribution in [1.82, 2.24) is 10.2 Å². The third-order valence-corrected chi connectivity index (χ3v) is 5.65. The third-order valence-electron chi connectivity index (χ3n) is 4.31. The molecule has 2 aliphatic rings. The van der Waals surface area contributed by atoms with Gasteiger partial charge in [-0.2, -0.15) is 0 Å². The van der Waals surface area contributed by atoms with E-state index in [-0.39, 0.29) is 12.3 Å². The SMILES string of the molecule is COCC1=C(C(=O)O)N2C(=O)C(NC(=O)C(N)c3ccccc3)[C@H]2SC1. The van der Waals surface area contributed by atoms with Gasteiger partial charge in [0.15, 0.2) is 0 Å². The summed E-state index contributed by atoms with van der Waals surface area (Å²) in [5.41, 5.74) is 7.07. The first-order valence-electron chi connectivity index (χ1n) is 7.95. The van der Waals surface area contributed by atoms with Crippen molar-refractivity contribution in [2.75, 3.05) is 19.5 Å². The Morgan fingerprint density at radius 1 is 1.42 bits per heavy atom. The molecule has 0 bridgehead atoms. The van der Waals surface area contributed by atoms with Gasteiger partial charge in [0.05, 0.1) is 6.61 Å². The van der Waals surface area contributed by atoms with Crippen LogP contribution >= 0.6 is 11.8 Å². The average molecular weight is 377 g/mol. The van der Waals surface area contributed by atoms with Crippen LogP contribution in [0.4, 0.5) is 0 Å². The van der Waals surface area contributed by atoms with E-state index < -0.39 is 35.2 Å². The Balaban J connectivity index is 1.73. The van der Waals surface area contributed by atoms with Gasteiger partial charge in [0.25, 0.3) is 5.91 Å². The number of ether oxygens (including phenoxy) is 1. The summed E-state index contributed by atoms with van der Waals surface area (Å²) >= 11 is 1.39. The van der Waals surface area contributed by atoms with Crippen LogP contribution in [-0.2, 0) is 19.1 Å². The molecule has 0 aliphatic carbocycles. The molecule has 138 valence electrons. The molecule has 1 aromatic rings. The molecule has 2 unspecified atom stereocenters. The van der Waals surface area contributed by atoms with E-state index in [9.17, 15) is 19.5 Å². The minimum atomic E-state index is -1.18. The number of hydrogen-bond acceptors (Lipinski definition) is 6. The number of carbonyl (C=O) groups excluding carboxylic acids is 2. The highest BCUT2D eigenvalue weighted by Gasteiger charge is 2.54. The second kappa shape index (κ2) is 7.48. The summed E-state index contributed by atoms with van der Waals surface area (Å²) in [7, 11) is 1.47. The van der Waals surface area contributed by atoms with Crippen LogP contribution in [0.2, 0.25) is 0 Å². The summed E-state index contributed by atoms with van der Waals surface area (Å²) in [6, 6.07) is 7.14. The predicted octanol–water partition coefficient (Wildman–Crippen LogP) is 0.0714. The molecule has 26 heavy (non-hydrogen) atoms. The van der Waals surface area contributed by atoms with Gasteiger partial charge in [-0.15, -0.1) is 11.8 Å². The highest BCUT2D eigenvalue weighted by molar-refractivity contribution is 8.00. The van der Waals surface area contributed by atoms with E-state index in [1.165, 1.54) is 23.8 Å². The number of thioether (sulfide) groups is 1. The van der Waals surface area contributed by atoms with Crippen LogP contribution in [0, 0.1) is 0 Å². The number of methoxy groups -OCH3 is 1. The molecule has 0 aromatic heterocycles. The zero-order chi connectivity index (χ0) is 18.8. The first-order chi connectivity index (χ1) is 12.5. The number of rotatable bonds is 6. The predicted molar refractivity (Wildman–Crippen MR) is 94.9 cm³/mol. The van der Waals surface area contributed by atoms with E-state index in [0.717, 1.165) is 0 Å². The van der Waals surface area contributed by atoms with Crippen molar-refractivity contribution in [3.63, 3.8) is 0 Å². The van der Waals surface area contributed by atoms with Gasteiger partial charge >= 0.3 is 5.97 Å². The molecular formula is C17H19N3O5S. The summed E-state index contributed by atoms with van der Waals surface area (Å²) in [6.45, 7) is 0.140. The van der Waals surface area contributed by atoms with Gasteiger partial charge in [0, 0.05) is 12.9 Å². The number of nitrogens with one attached hydrogen (secondary N) is 1. The molecule has 9 heteroatoms. The molecule has 2 heterocycles. The first-order valence-corrected chi connectivity index (χ1v) is 9.00. The molecule has 2 aliphatic heterocycles. The third kappa shape index (κ3) is 3.20. The van der Waals surface area contributed by atoms with E-state index in [0.29, 0.717) is 16.9 Å². The fourth-order valence-corrected chi connectivity index (χ4v) is 4.35. The number of carboxylic acid groups (broad SMARTS) is 1. The Kier molecular flexibility index (Phi) is 5.30. The van der Waals surface area contributed by atoms with Crippen LogP contribution in [0.15, 0.2) is 41.6 Å². The second-order valence-electron chi connectivity index (χ2n) is 5.97. The number of nitrogens with two attached hydrogens (primary N) is 1. The lowest BCUT2D eigenvalue weighted by Gasteiger charge is -2.49. The van der Waals surface area contributed by atoms with E-state index in [1.54, 1.807) is 24.3 Å². The lowest BCUT2D eigenvalue weighted by atomic mass is 10.0. The van der Waals surface area contributed by atoms with Crippen molar-refractivity contribution >= 4 is 29.5 Å². The van der Waals surface area contributed by atoms with Gasteiger partial charge < -0.3 is 20.9 Å². The zero-order valence-electron chi connectivity index (χ0n) is 14.0. The van der Waals surface area contributed by atoms with Gasteiger partial charge in [-0.25, -0.2) is 4.79 Å². The molecule has 8 nitrogen and oxygen atoms in total. The largest absolute Gasteiger partial charge is 0.477 e. The van der Waals surface area contributed by atoms with Crippen molar-refractivity contribution in [2.24, 2.45) is 5.73 Å². The Hall–Kier alpha value is -2.36. The summed E-state index contributed by atoms with van der Waals surface area (Å²) < 4.78 is 5.02. The molecule has 0 radical (unpaired) electrons. The monoisotopic (exact) mass is 377 g/mol. The molecule has 4 N–H and O–H groups in total. The maximum atomic E-state index is 12.5. The number of aliphatic carboxylic acids is 1. The van der Waals surface area contributed by atoms with Crippen molar-refractivity contribution < 1.29 is 24.2 Å². The van der Waals surface area contributed by atoms with Gasteiger partial charge in [0.1, 0.15) is 23.2 Å². The Morgan fingerprint density at radius 3 is 2.73 bits per heavy atom. The van der Waals surface area contributed by atoms with Gasteiger partial charge in [0.2, 0.25) is 5.91 Å². The molecule has 0 saturated carbocycles.